The van der Waals surface area contributed by atoms with Crippen LogP contribution in [0, 0.1) is 11.3 Å². The lowest BCUT2D eigenvalue weighted by Crippen LogP contribution is -2.47. The Bertz CT molecular complexity index is 631. The molecule has 1 aromatic carbocycles. The molecule has 2 bridgehead atoms. The summed E-state index contributed by atoms with van der Waals surface area (Å²) in [5.74, 6) is -0.612. The number of benzene rings is 1. The van der Waals surface area contributed by atoms with Gasteiger partial charge < -0.3 is 14.4 Å². The number of carbonyl (C=O) groups is 2. The molecule has 0 aromatic heterocycles. The first-order valence-electron chi connectivity index (χ1n) is 8.26. The summed E-state index contributed by atoms with van der Waals surface area (Å²) in [6.45, 7) is 3.17. The molecule has 0 N–H and O–H groups in total. The van der Waals surface area contributed by atoms with Crippen LogP contribution in [0.3, 0.4) is 0 Å². The molecule has 1 aromatic rings. The van der Waals surface area contributed by atoms with E-state index in [0.29, 0.717) is 26.2 Å². The predicted octanol–water partition coefficient (Wildman–Crippen LogP) is 1.93. The third kappa shape index (κ3) is 2.17. The fourth-order valence-electron chi connectivity index (χ4n) is 4.21. The first-order chi connectivity index (χ1) is 11.1. The average molecular weight is 315 g/mol. The number of carbonyl (C=O) groups excluding carboxylic acids is 2. The highest BCUT2D eigenvalue weighted by Crippen LogP contribution is 2.49. The minimum Gasteiger partial charge on any atom is -0.465 e. The maximum atomic E-state index is 12.9. The fourth-order valence-corrected chi connectivity index (χ4v) is 4.21. The summed E-state index contributed by atoms with van der Waals surface area (Å²) in [5, 5.41) is 0. The van der Waals surface area contributed by atoms with Crippen molar-refractivity contribution in [2.24, 2.45) is 11.3 Å². The van der Waals surface area contributed by atoms with Crippen molar-refractivity contribution in [3.05, 3.63) is 35.9 Å². The number of nitrogens with zero attached hydrogens (tertiary/aromatic N) is 1. The highest BCUT2D eigenvalue weighted by molar-refractivity contribution is 5.92. The molecule has 3 fully saturated rings. The largest absolute Gasteiger partial charge is 0.465 e. The number of rotatable bonds is 2. The van der Waals surface area contributed by atoms with Gasteiger partial charge in [-0.1, -0.05) is 30.3 Å². The normalized spacial score (nSPS) is 34.6. The van der Waals surface area contributed by atoms with E-state index in [4.69, 9.17) is 9.47 Å². The molecule has 122 valence electrons. The molecule has 0 saturated carbocycles. The number of hydrogen-bond acceptors (Lipinski definition) is 4. The molecule has 0 radical (unpaired) electrons. The summed E-state index contributed by atoms with van der Waals surface area (Å²) in [6, 6.07) is 9.87. The lowest BCUT2D eigenvalue weighted by Gasteiger charge is -2.36. The smallest absolute Gasteiger partial charge is 0.314 e. The van der Waals surface area contributed by atoms with E-state index >= 15 is 0 Å². The van der Waals surface area contributed by atoms with Gasteiger partial charge in [-0.15, -0.1) is 0 Å². The van der Waals surface area contributed by atoms with Gasteiger partial charge in [-0.3, -0.25) is 9.59 Å². The summed E-state index contributed by atoms with van der Waals surface area (Å²) < 4.78 is 11.2. The molecule has 0 aliphatic carbocycles. The zero-order valence-corrected chi connectivity index (χ0v) is 13.2. The van der Waals surface area contributed by atoms with Gasteiger partial charge in [0.15, 0.2) is 0 Å². The second-order valence-electron chi connectivity index (χ2n) is 6.85. The number of likely N-dealkylation sites (tertiary alicyclic amines) is 1. The quantitative estimate of drug-likeness (QED) is 0.783. The van der Waals surface area contributed by atoms with Gasteiger partial charge in [-0.25, -0.2) is 0 Å². The molecule has 3 aliphatic rings. The summed E-state index contributed by atoms with van der Waals surface area (Å²) in [7, 11) is 0. The maximum absolute atomic E-state index is 12.9. The van der Waals surface area contributed by atoms with Crippen molar-refractivity contribution in [1.82, 2.24) is 4.90 Å². The first-order valence-corrected chi connectivity index (χ1v) is 8.26. The van der Waals surface area contributed by atoms with E-state index < -0.39 is 11.3 Å². The van der Waals surface area contributed by atoms with Crippen LogP contribution in [0.4, 0.5) is 0 Å². The minimum absolute atomic E-state index is 0.0126. The van der Waals surface area contributed by atoms with Crippen LogP contribution in [0.2, 0.25) is 0 Å². The van der Waals surface area contributed by atoms with E-state index in [2.05, 4.69) is 0 Å². The molecule has 1 unspecified atom stereocenters. The lowest BCUT2D eigenvalue weighted by molar-refractivity contribution is -0.163. The molecular weight excluding hydrogens is 294 g/mol. The number of cyclic esters (lactones) is 1. The van der Waals surface area contributed by atoms with E-state index in [9.17, 15) is 9.59 Å². The molecular formula is C18H21NO4. The highest BCUT2D eigenvalue weighted by Gasteiger charge is 2.62. The summed E-state index contributed by atoms with van der Waals surface area (Å²) in [5.41, 5.74) is 0.356. The summed E-state index contributed by atoms with van der Waals surface area (Å²) >= 11 is 0. The number of amides is 1. The maximum Gasteiger partial charge on any atom is 0.314 e. The minimum atomic E-state index is -0.723. The van der Waals surface area contributed by atoms with Gasteiger partial charge in [0.25, 0.3) is 0 Å². The third-order valence-corrected chi connectivity index (χ3v) is 5.62. The number of ether oxygens (including phenoxy) is 2. The van der Waals surface area contributed by atoms with Crippen LogP contribution in [0.25, 0.3) is 0 Å². The Balaban J connectivity index is 1.68. The molecule has 3 heterocycles. The third-order valence-electron chi connectivity index (χ3n) is 5.62. The Labute approximate surface area is 135 Å². The lowest BCUT2D eigenvalue weighted by atomic mass is 9.72. The molecule has 1 amide bonds. The van der Waals surface area contributed by atoms with E-state index in [1.165, 1.54) is 0 Å². The molecule has 3 aliphatic heterocycles. The average Bonchev–Trinajstić information content (AvgIpc) is 2.82. The zero-order chi connectivity index (χ0) is 16.0. The van der Waals surface area contributed by atoms with Crippen molar-refractivity contribution in [1.29, 1.82) is 0 Å². The molecule has 5 nitrogen and oxygen atoms in total. The Morgan fingerprint density at radius 1 is 1.26 bits per heavy atom. The van der Waals surface area contributed by atoms with E-state index in [0.717, 1.165) is 12.0 Å². The Kier molecular flexibility index (Phi) is 3.41. The van der Waals surface area contributed by atoms with Crippen molar-refractivity contribution < 1.29 is 19.1 Å². The van der Waals surface area contributed by atoms with Gasteiger partial charge in [-0.05, 0) is 18.9 Å². The second kappa shape index (κ2) is 5.34. The number of fused-ring (bicyclic) bond motifs is 1. The van der Waals surface area contributed by atoms with E-state index in [1.807, 2.05) is 42.2 Å². The van der Waals surface area contributed by atoms with Gasteiger partial charge in [0, 0.05) is 13.0 Å². The zero-order valence-electron chi connectivity index (χ0n) is 13.2. The summed E-state index contributed by atoms with van der Waals surface area (Å²) in [6.07, 6.45) is 1.35. The molecule has 4 atom stereocenters. The van der Waals surface area contributed by atoms with Gasteiger partial charge in [-0.2, -0.15) is 0 Å². The van der Waals surface area contributed by atoms with E-state index in [1.54, 1.807) is 0 Å². The second-order valence-corrected chi connectivity index (χ2v) is 6.85. The first kappa shape index (κ1) is 14.7. The van der Waals surface area contributed by atoms with Crippen molar-refractivity contribution in [3.63, 3.8) is 0 Å². The van der Waals surface area contributed by atoms with Gasteiger partial charge >= 0.3 is 5.97 Å². The van der Waals surface area contributed by atoms with Gasteiger partial charge in [0.2, 0.25) is 5.91 Å². The van der Waals surface area contributed by atoms with Crippen LogP contribution in [0.15, 0.2) is 30.3 Å². The highest BCUT2D eigenvalue weighted by atomic mass is 16.5. The van der Waals surface area contributed by atoms with Crippen molar-refractivity contribution in [3.8, 4) is 0 Å². The van der Waals surface area contributed by atoms with Crippen molar-refractivity contribution >= 4 is 11.9 Å². The SMILES string of the molecule is C[C@H](c1ccccc1)N1C[C@@]23CC(CCOC2=O)OC[C@H]3C1=O. The van der Waals surface area contributed by atoms with Crippen LogP contribution >= 0.6 is 0 Å². The van der Waals surface area contributed by atoms with Gasteiger partial charge in [0.05, 0.1) is 31.3 Å². The predicted molar refractivity (Wildman–Crippen MR) is 82.4 cm³/mol. The molecule has 5 heteroatoms. The van der Waals surface area contributed by atoms with Crippen LogP contribution < -0.4 is 0 Å². The monoisotopic (exact) mass is 315 g/mol. The Hall–Kier alpha value is -1.88. The summed E-state index contributed by atoms with van der Waals surface area (Å²) in [4.78, 5) is 27.4. The van der Waals surface area contributed by atoms with Crippen LogP contribution in [0.1, 0.15) is 31.4 Å². The molecule has 1 spiro atoms. The van der Waals surface area contributed by atoms with E-state index in [-0.39, 0.29) is 24.0 Å². The molecule has 3 saturated heterocycles. The van der Waals surface area contributed by atoms with Crippen LogP contribution in [-0.2, 0) is 19.1 Å². The topological polar surface area (TPSA) is 55.8 Å². The van der Waals surface area contributed by atoms with Crippen molar-refractivity contribution in [2.75, 3.05) is 19.8 Å². The fraction of sp³-hybridized carbons (Fsp3) is 0.556. The van der Waals surface area contributed by atoms with Gasteiger partial charge in [0.1, 0.15) is 5.41 Å². The molecule has 4 rings (SSSR count). The number of esters is 1. The molecule has 23 heavy (non-hydrogen) atoms. The Morgan fingerprint density at radius 3 is 2.83 bits per heavy atom. The van der Waals surface area contributed by atoms with Crippen molar-refractivity contribution in [2.45, 2.75) is 31.9 Å². The number of hydrogen-bond donors (Lipinski definition) is 0. The van der Waals surface area contributed by atoms with Crippen LogP contribution in [0.5, 0.6) is 0 Å². The van der Waals surface area contributed by atoms with Crippen LogP contribution in [-0.4, -0.2) is 42.6 Å². The standard InChI is InChI=1S/C18H21NO4/c1-12(13-5-3-2-4-6-13)19-11-18-9-14(7-8-22-17(18)21)23-10-15(18)16(19)20/h2-6,12,14-15H,7-11H2,1H3/t12-,14?,15+,18-/m1/s1. The Morgan fingerprint density at radius 2 is 2.04 bits per heavy atom.